The summed E-state index contributed by atoms with van der Waals surface area (Å²) in [4.78, 5) is 0. The fourth-order valence-corrected chi connectivity index (χ4v) is 2.14. The molecule has 2 aromatic rings. The first kappa shape index (κ1) is 14.6. The molecule has 2 aromatic carbocycles. The zero-order valence-electron chi connectivity index (χ0n) is 11.9. The zero-order valence-corrected chi connectivity index (χ0v) is 11.9. The molecule has 0 aliphatic rings. The number of rotatable bonds is 6. The second-order valence-corrected chi connectivity index (χ2v) is 4.55. The Bertz CT molecular complexity index is 534. The van der Waals surface area contributed by atoms with Crippen LogP contribution in [0.15, 0.2) is 48.5 Å². The second-order valence-electron chi connectivity index (χ2n) is 4.55. The van der Waals surface area contributed by atoms with Crippen LogP contribution in [0.5, 0.6) is 5.75 Å². The van der Waals surface area contributed by atoms with E-state index in [2.05, 4.69) is 0 Å². The van der Waals surface area contributed by atoms with E-state index in [0.29, 0.717) is 13.2 Å². The summed E-state index contributed by atoms with van der Waals surface area (Å²) in [5, 5.41) is 10.5. The SMILES string of the molecule is CCOc1ccccc1C(O)c1ccc(COC)cc1. The van der Waals surface area contributed by atoms with E-state index in [1.807, 2.05) is 55.5 Å². The van der Waals surface area contributed by atoms with Gasteiger partial charge in [-0.3, -0.25) is 0 Å². The summed E-state index contributed by atoms with van der Waals surface area (Å²) >= 11 is 0. The molecule has 0 bridgehead atoms. The van der Waals surface area contributed by atoms with Crippen molar-refractivity contribution in [1.29, 1.82) is 0 Å². The van der Waals surface area contributed by atoms with Gasteiger partial charge in [-0.05, 0) is 24.1 Å². The average molecular weight is 272 g/mol. The van der Waals surface area contributed by atoms with Gasteiger partial charge in [0.2, 0.25) is 0 Å². The van der Waals surface area contributed by atoms with E-state index < -0.39 is 6.10 Å². The van der Waals surface area contributed by atoms with Gasteiger partial charge >= 0.3 is 0 Å². The molecule has 0 saturated carbocycles. The number of para-hydroxylation sites is 1. The molecule has 0 radical (unpaired) electrons. The lowest BCUT2D eigenvalue weighted by Crippen LogP contribution is -2.04. The molecule has 2 rings (SSSR count). The Labute approximate surface area is 119 Å². The van der Waals surface area contributed by atoms with E-state index in [9.17, 15) is 5.11 Å². The molecular formula is C17H20O3. The minimum atomic E-state index is -0.686. The zero-order chi connectivity index (χ0) is 14.4. The van der Waals surface area contributed by atoms with Crippen LogP contribution >= 0.6 is 0 Å². The van der Waals surface area contributed by atoms with Gasteiger partial charge in [0, 0.05) is 12.7 Å². The van der Waals surface area contributed by atoms with Crippen molar-refractivity contribution < 1.29 is 14.6 Å². The normalized spacial score (nSPS) is 12.2. The van der Waals surface area contributed by atoms with Gasteiger partial charge in [-0.25, -0.2) is 0 Å². The van der Waals surface area contributed by atoms with Crippen molar-refractivity contribution in [3.63, 3.8) is 0 Å². The van der Waals surface area contributed by atoms with Gasteiger partial charge < -0.3 is 14.6 Å². The summed E-state index contributed by atoms with van der Waals surface area (Å²) in [5.74, 6) is 0.725. The number of benzene rings is 2. The quantitative estimate of drug-likeness (QED) is 0.876. The van der Waals surface area contributed by atoms with E-state index in [-0.39, 0.29) is 0 Å². The molecular weight excluding hydrogens is 252 g/mol. The molecule has 106 valence electrons. The van der Waals surface area contributed by atoms with Crippen LogP contribution in [-0.4, -0.2) is 18.8 Å². The first-order valence-corrected chi connectivity index (χ1v) is 6.73. The van der Waals surface area contributed by atoms with E-state index in [1.165, 1.54) is 0 Å². The van der Waals surface area contributed by atoms with Crippen LogP contribution in [-0.2, 0) is 11.3 Å². The predicted octanol–water partition coefficient (Wildman–Crippen LogP) is 3.31. The maximum atomic E-state index is 10.5. The number of aliphatic hydroxyl groups is 1. The molecule has 1 N–H and O–H groups in total. The first-order chi connectivity index (χ1) is 9.76. The summed E-state index contributed by atoms with van der Waals surface area (Å²) in [5.41, 5.74) is 2.72. The van der Waals surface area contributed by atoms with Crippen LogP contribution in [0, 0.1) is 0 Å². The Balaban J connectivity index is 2.24. The number of hydrogen-bond donors (Lipinski definition) is 1. The largest absolute Gasteiger partial charge is 0.493 e. The van der Waals surface area contributed by atoms with Crippen LogP contribution in [0.3, 0.4) is 0 Å². The summed E-state index contributed by atoms with van der Waals surface area (Å²) < 4.78 is 10.6. The molecule has 0 aliphatic heterocycles. The van der Waals surface area contributed by atoms with Gasteiger partial charge in [0.1, 0.15) is 11.9 Å². The number of methoxy groups -OCH3 is 1. The smallest absolute Gasteiger partial charge is 0.125 e. The summed E-state index contributed by atoms with van der Waals surface area (Å²) in [6.07, 6.45) is -0.686. The monoisotopic (exact) mass is 272 g/mol. The molecule has 0 spiro atoms. The summed E-state index contributed by atoms with van der Waals surface area (Å²) in [7, 11) is 1.67. The lowest BCUT2D eigenvalue weighted by atomic mass is 9.99. The summed E-state index contributed by atoms with van der Waals surface area (Å²) in [6, 6.07) is 15.3. The maximum Gasteiger partial charge on any atom is 0.125 e. The number of aliphatic hydroxyl groups excluding tert-OH is 1. The molecule has 3 nitrogen and oxygen atoms in total. The Hall–Kier alpha value is -1.84. The highest BCUT2D eigenvalue weighted by Crippen LogP contribution is 2.30. The van der Waals surface area contributed by atoms with E-state index in [0.717, 1.165) is 22.4 Å². The molecule has 0 aliphatic carbocycles. The van der Waals surface area contributed by atoms with Crippen molar-refractivity contribution >= 4 is 0 Å². The van der Waals surface area contributed by atoms with Crippen molar-refractivity contribution in [2.75, 3.05) is 13.7 Å². The lowest BCUT2D eigenvalue weighted by molar-refractivity contribution is 0.184. The standard InChI is InChI=1S/C17H20O3/c1-3-20-16-7-5-4-6-15(16)17(18)14-10-8-13(9-11-14)12-19-2/h4-11,17-18H,3,12H2,1-2H3. The number of hydrogen-bond acceptors (Lipinski definition) is 3. The van der Waals surface area contributed by atoms with E-state index >= 15 is 0 Å². The van der Waals surface area contributed by atoms with Crippen molar-refractivity contribution in [2.45, 2.75) is 19.6 Å². The second kappa shape index (κ2) is 7.08. The maximum absolute atomic E-state index is 10.5. The van der Waals surface area contributed by atoms with E-state index in [4.69, 9.17) is 9.47 Å². The van der Waals surface area contributed by atoms with Gasteiger partial charge in [0.05, 0.1) is 13.2 Å². The van der Waals surface area contributed by atoms with Gasteiger partial charge in [-0.1, -0.05) is 42.5 Å². The third-order valence-electron chi connectivity index (χ3n) is 3.12. The molecule has 1 atom stereocenters. The first-order valence-electron chi connectivity index (χ1n) is 6.73. The van der Waals surface area contributed by atoms with Crippen LogP contribution in [0.25, 0.3) is 0 Å². The van der Waals surface area contributed by atoms with Crippen molar-refractivity contribution in [1.82, 2.24) is 0 Å². The topological polar surface area (TPSA) is 38.7 Å². The Kier molecular flexibility index (Phi) is 5.16. The third kappa shape index (κ3) is 3.38. The molecule has 3 heteroatoms. The highest BCUT2D eigenvalue weighted by Gasteiger charge is 2.15. The molecule has 0 aromatic heterocycles. The van der Waals surface area contributed by atoms with Crippen LogP contribution in [0.2, 0.25) is 0 Å². The van der Waals surface area contributed by atoms with Crippen LogP contribution in [0.1, 0.15) is 29.7 Å². The minimum absolute atomic E-state index is 0.575. The van der Waals surface area contributed by atoms with E-state index in [1.54, 1.807) is 7.11 Å². The van der Waals surface area contributed by atoms with Crippen molar-refractivity contribution in [3.8, 4) is 5.75 Å². The molecule has 20 heavy (non-hydrogen) atoms. The van der Waals surface area contributed by atoms with Crippen molar-refractivity contribution in [2.24, 2.45) is 0 Å². The Morgan fingerprint density at radius 2 is 1.75 bits per heavy atom. The molecule has 0 heterocycles. The minimum Gasteiger partial charge on any atom is -0.493 e. The predicted molar refractivity (Wildman–Crippen MR) is 78.8 cm³/mol. The van der Waals surface area contributed by atoms with Crippen molar-refractivity contribution in [3.05, 3.63) is 65.2 Å². The molecule has 0 fully saturated rings. The Morgan fingerprint density at radius 1 is 1.05 bits per heavy atom. The van der Waals surface area contributed by atoms with Gasteiger partial charge in [-0.2, -0.15) is 0 Å². The van der Waals surface area contributed by atoms with Crippen LogP contribution < -0.4 is 4.74 Å². The lowest BCUT2D eigenvalue weighted by Gasteiger charge is -2.16. The summed E-state index contributed by atoms with van der Waals surface area (Å²) in [6.45, 7) is 3.09. The van der Waals surface area contributed by atoms with Gasteiger partial charge in [0.15, 0.2) is 0 Å². The van der Waals surface area contributed by atoms with Gasteiger partial charge in [-0.15, -0.1) is 0 Å². The molecule has 1 unspecified atom stereocenters. The van der Waals surface area contributed by atoms with Gasteiger partial charge in [0.25, 0.3) is 0 Å². The molecule has 0 amide bonds. The highest BCUT2D eigenvalue weighted by atomic mass is 16.5. The molecule has 0 saturated heterocycles. The average Bonchev–Trinajstić information content (AvgIpc) is 2.49. The third-order valence-corrected chi connectivity index (χ3v) is 3.12. The Morgan fingerprint density at radius 3 is 2.40 bits per heavy atom. The highest BCUT2D eigenvalue weighted by molar-refractivity contribution is 5.40. The van der Waals surface area contributed by atoms with Crippen LogP contribution in [0.4, 0.5) is 0 Å². The fraction of sp³-hybridized carbons (Fsp3) is 0.294. The number of ether oxygens (including phenoxy) is 2. The fourth-order valence-electron chi connectivity index (χ4n) is 2.14.